The molecule has 9 heteroatoms. The van der Waals surface area contributed by atoms with Crippen LogP contribution in [-0.2, 0) is 11.3 Å². The number of hydrogen-bond acceptors (Lipinski definition) is 6. The first-order valence-electron chi connectivity index (χ1n) is 8.69. The molecular weight excluding hydrogens is 394 g/mol. The molecule has 0 spiro atoms. The lowest BCUT2D eigenvalue weighted by atomic mass is 10.2. The van der Waals surface area contributed by atoms with Crippen LogP contribution in [0.15, 0.2) is 60.1 Å². The van der Waals surface area contributed by atoms with Crippen LogP contribution < -0.4 is 4.80 Å². The number of carbonyl (C=O) groups is 2. The summed E-state index contributed by atoms with van der Waals surface area (Å²) in [6.07, 6.45) is 1.67. The van der Waals surface area contributed by atoms with Crippen molar-refractivity contribution in [3.8, 4) is 0 Å². The van der Waals surface area contributed by atoms with Crippen LogP contribution in [0.3, 0.4) is 0 Å². The molecule has 2 aromatic carbocycles. The molecule has 8 nitrogen and oxygen atoms in total. The number of non-ortho nitro benzene ring substituents is 1. The summed E-state index contributed by atoms with van der Waals surface area (Å²) < 4.78 is 7.57. The molecule has 0 bridgehead atoms. The molecule has 0 unspecified atom stereocenters. The fraction of sp³-hybridized carbons (Fsp3) is 0.150. The van der Waals surface area contributed by atoms with Crippen LogP contribution in [0.5, 0.6) is 0 Å². The minimum Gasteiger partial charge on any atom is -0.462 e. The topological polar surface area (TPSA) is 104 Å². The van der Waals surface area contributed by atoms with E-state index in [2.05, 4.69) is 11.6 Å². The maximum Gasteiger partial charge on any atom is 0.338 e. The number of rotatable bonds is 6. The molecule has 0 saturated carbocycles. The van der Waals surface area contributed by atoms with E-state index in [1.54, 1.807) is 35.8 Å². The number of nitrogens with zero attached hydrogens (tertiary/aromatic N) is 3. The Bertz CT molecular complexity index is 1190. The van der Waals surface area contributed by atoms with Gasteiger partial charge >= 0.3 is 5.97 Å². The monoisotopic (exact) mass is 411 g/mol. The highest BCUT2D eigenvalue weighted by Gasteiger charge is 2.14. The second-order valence-corrected chi connectivity index (χ2v) is 6.92. The molecule has 3 rings (SSSR count). The van der Waals surface area contributed by atoms with Crippen molar-refractivity contribution in [3.05, 3.63) is 81.2 Å². The van der Waals surface area contributed by atoms with E-state index in [0.29, 0.717) is 16.9 Å². The van der Waals surface area contributed by atoms with Gasteiger partial charge in [0.2, 0.25) is 0 Å². The minimum absolute atomic E-state index is 0.119. The average molecular weight is 411 g/mol. The summed E-state index contributed by atoms with van der Waals surface area (Å²) in [5, 5.41) is 10.9. The van der Waals surface area contributed by atoms with Gasteiger partial charge in [0.05, 0.1) is 27.3 Å². The molecule has 1 heterocycles. The molecular formula is C20H17N3O5S. The third-order valence-electron chi connectivity index (χ3n) is 4.01. The standard InChI is InChI=1S/C20H17N3O5S/c1-3-10-22-16-9-8-14(19(25)28-4-2)12-17(16)29-20(22)21-18(24)13-6-5-7-15(11-13)23(26)27/h3,5-9,11-12H,1,4,10H2,2H3. The van der Waals surface area contributed by atoms with E-state index < -0.39 is 16.8 Å². The first-order valence-corrected chi connectivity index (χ1v) is 9.51. The van der Waals surface area contributed by atoms with E-state index in [0.717, 1.165) is 10.2 Å². The van der Waals surface area contributed by atoms with Gasteiger partial charge in [0.1, 0.15) is 0 Å². The molecule has 0 saturated heterocycles. The van der Waals surface area contributed by atoms with Crippen molar-refractivity contribution in [2.75, 3.05) is 6.61 Å². The van der Waals surface area contributed by atoms with E-state index in [4.69, 9.17) is 4.74 Å². The fourth-order valence-electron chi connectivity index (χ4n) is 2.71. The predicted octanol–water partition coefficient (Wildman–Crippen LogP) is 3.71. The van der Waals surface area contributed by atoms with Crippen LogP contribution in [-0.4, -0.2) is 28.0 Å². The van der Waals surface area contributed by atoms with Gasteiger partial charge in [-0.05, 0) is 31.2 Å². The number of allylic oxidation sites excluding steroid dienone is 1. The van der Waals surface area contributed by atoms with Crippen molar-refractivity contribution in [1.29, 1.82) is 0 Å². The summed E-state index contributed by atoms with van der Waals surface area (Å²) >= 11 is 1.23. The van der Waals surface area contributed by atoms with Crippen molar-refractivity contribution in [1.82, 2.24) is 4.57 Å². The molecule has 0 N–H and O–H groups in total. The Morgan fingerprint density at radius 1 is 1.28 bits per heavy atom. The first kappa shape index (κ1) is 20.2. The van der Waals surface area contributed by atoms with E-state index in [9.17, 15) is 19.7 Å². The SMILES string of the molecule is C=CCn1c(=NC(=O)c2cccc([N+](=O)[O-])c2)sc2cc(C(=O)OCC)ccc21. The first-order chi connectivity index (χ1) is 13.9. The van der Waals surface area contributed by atoms with Gasteiger partial charge in [0, 0.05) is 24.2 Å². The number of carbonyl (C=O) groups excluding carboxylic acids is 2. The van der Waals surface area contributed by atoms with Gasteiger partial charge in [0.15, 0.2) is 4.80 Å². The maximum absolute atomic E-state index is 12.6. The summed E-state index contributed by atoms with van der Waals surface area (Å²) in [7, 11) is 0. The summed E-state index contributed by atoms with van der Waals surface area (Å²) in [6.45, 7) is 6.14. The number of aromatic nitrogens is 1. The van der Waals surface area contributed by atoms with Gasteiger partial charge in [0.25, 0.3) is 11.6 Å². The lowest BCUT2D eigenvalue weighted by Crippen LogP contribution is -2.16. The normalized spacial score (nSPS) is 11.4. The van der Waals surface area contributed by atoms with Crippen LogP contribution in [0.4, 0.5) is 5.69 Å². The van der Waals surface area contributed by atoms with Crippen molar-refractivity contribution in [2.45, 2.75) is 13.5 Å². The summed E-state index contributed by atoms with van der Waals surface area (Å²) in [5.41, 5.74) is 1.13. The molecule has 0 aliphatic carbocycles. The smallest absolute Gasteiger partial charge is 0.338 e. The van der Waals surface area contributed by atoms with E-state index >= 15 is 0 Å². The highest BCUT2D eigenvalue weighted by Crippen LogP contribution is 2.20. The second kappa shape index (κ2) is 8.61. The number of ether oxygens (including phenoxy) is 1. The van der Waals surface area contributed by atoms with E-state index in [1.165, 1.54) is 35.6 Å². The molecule has 0 radical (unpaired) electrons. The van der Waals surface area contributed by atoms with Crippen LogP contribution in [0.1, 0.15) is 27.6 Å². The van der Waals surface area contributed by atoms with Gasteiger partial charge in [-0.2, -0.15) is 4.99 Å². The van der Waals surface area contributed by atoms with E-state index in [1.807, 2.05) is 0 Å². The number of nitro benzene ring substituents is 1. The Morgan fingerprint density at radius 2 is 2.07 bits per heavy atom. The number of esters is 1. The molecule has 0 fully saturated rings. The van der Waals surface area contributed by atoms with Gasteiger partial charge < -0.3 is 9.30 Å². The zero-order valence-electron chi connectivity index (χ0n) is 15.5. The highest BCUT2D eigenvalue weighted by atomic mass is 32.1. The Kier molecular flexibility index (Phi) is 5.99. The lowest BCUT2D eigenvalue weighted by molar-refractivity contribution is -0.384. The number of hydrogen-bond donors (Lipinski definition) is 0. The van der Waals surface area contributed by atoms with Gasteiger partial charge in [-0.25, -0.2) is 4.79 Å². The maximum atomic E-state index is 12.6. The van der Waals surface area contributed by atoms with Crippen LogP contribution >= 0.6 is 11.3 Å². The quantitative estimate of drug-likeness (QED) is 0.266. The summed E-state index contributed by atoms with van der Waals surface area (Å²) in [4.78, 5) is 39.5. The van der Waals surface area contributed by atoms with Crippen molar-refractivity contribution in [3.63, 3.8) is 0 Å². The molecule has 29 heavy (non-hydrogen) atoms. The molecule has 148 valence electrons. The minimum atomic E-state index is -0.594. The number of benzene rings is 2. The number of thiazole rings is 1. The third-order valence-corrected chi connectivity index (χ3v) is 5.05. The van der Waals surface area contributed by atoms with Gasteiger partial charge in [-0.1, -0.05) is 23.5 Å². The molecule has 0 aliphatic heterocycles. The Balaban J connectivity index is 2.09. The predicted molar refractivity (Wildman–Crippen MR) is 109 cm³/mol. The van der Waals surface area contributed by atoms with Crippen molar-refractivity contribution < 1.29 is 19.2 Å². The number of nitro groups is 1. The fourth-order valence-corrected chi connectivity index (χ4v) is 3.79. The molecule has 1 aromatic heterocycles. The van der Waals surface area contributed by atoms with Crippen molar-refractivity contribution in [2.24, 2.45) is 4.99 Å². The van der Waals surface area contributed by atoms with Crippen LogP contribution in [0.2, 0.25) is 0 Å². The molecule has 0 aliphatic rings. The largest absolute Gasteiger partial charge is 0.462 e. The molecule has 1 amide bonds. The molecule has 0 atom stereocenters. The Labute approximate surface area is 169 Å². The third kappa shape index (κ3) is 4.30. The highest BCUT2D eigenvalue weighted by molar-refractivity contribution is 7.16. The number of fused-ring (bicyclic) bond motifs is 1. The van der Waals surface area contributed by atoms with Gasteiger partial charge in [-0.15, -0.1) is 6.58 Å². The average Bonchev–Trinajstić information content (AvgIpc) is 3.04. The second-order valence-electron chi connectivity index (χ2n) is 5.91. The van der Waals surface area contributed by atoms with E-state index in [-0.39, 0.29) is 17.9 Å². The zero-order valence-corrected chi connectivity index (χ0v) is 16.3. The summed E-state index contributed by atoms with van der Waals surface area (Å²) in [6, 6.07) is 10.5. The lowest BCUT2D eigenvalue weighted by Gasteiger charge is -2.03. The zero-order chi connectivity index (χ0) is 21.0. The van der Waals surface area contributed by atoms with Crippen molar-refractivity contribution >= 4 is 39.1 Å². The van der Waals surface area contributed by atoms with Crippen LogP contribution in [0.25, 0.3) is 10.2 Å². The summed E-state index contributed by atoms with van der Waals surface area (Å²) in [5.74, 6) is -1.02. The molecule has 3 aromatic rings. The number of amides is 1. The van der Waals surface area contributed by atoms with Gasteiger partial charge in [-0.3, -0.25) is 14.9 Å². The van der Waals surface area contributed by atoms with Crippen LogP contribution in [0, 0.1) is 10.1 Å². The Hall–Kier alpha value is -3.59. The Morgan fingerprint density at radius 3 is 2.76 bits per heavy atom.